The summed E-state index contributed by atoms with van der Waals surface area (Å²) in [4.78, 5) is 17.5. The van der Waals surface area contributed by atoms with Crippen LogP contribution in [0, 0.1) is 0 Å². The topological polar surface area (TPSA) is 34.4 Å². The number of rotatable bonds is 2. The van der Waals surface area contributed by atoms with Gasteiger partial charge < -0.3 is 0 Å². The van der Waals surface area contributed by atoms with Crippen LogP contribution in [0.4, 0.5) is 0 Å². The molecule has 0 bridgehead atoms. The van der Waals surface area contributed by atoms with Crippen LogP contribution in [0.3, 0.4) is 0 Å². The van der Waals surface area contributed by atoms with Gasteiger partial charge in [0.05, 0.1) is 16.1 Å². The highest BCUT2D eigenvalue weighted by Gasteiger charge is 2.18. The van der Waals surface area contributed by atoms with Crippen LogP contribution in [0.25, 0.3) is 16.8 Å². The molecule has 0 aliphatic carbocycles. The highest BCUT2D eigenvalue weighted by Crippen LogP contribution is 2.29. The van der Waals surface area contributed by atoms with Gasteiger partial charge in [0.15, 0.2) is 0 Å². The van der Waals surface area contributed by atoms with Crippen molar-refractivity contribution in [2.45, 2.75) is 11.8 Å². The van der Waals surface area contributed by atoms with Crippen molar-refractivity contribution in [2.75, 3.05) is 0 Å². The van der Waals surface area contributed by atoms with Gasteiger partial charge >= 0.3 is 0 Å². The summed E-state index contributed by atoms with van der Waals surface area (Å²) in [6.45, 7) is 1.95. The van der Waals surface area contributed by atoms with Crippen molar-refractivity contribution in [3.63, 3.8) is 0 Å². The molecule has 21 heavy (non-hydrogen) atoms. The van der Waals surface area contributed by atoms with Crippen LogP contribution in [0.5, 0.6) is 0 Å². The standard InChI is InChI=1S/C16H12BrClN2O/c1-10(17)15-14(11-6-3-2-4-7-11)16(21)20-12(18)8-5-9-13(20)19-15/h2-10H,1H3. The third kappa shape index (κ3) is 2.49. The van der Waals surface area contributed by atoms with Crippen molar-refractivity contribution < 1.29 is 0 Å². The molecular formula is C16H12BrClN2O. The Morgan fingerprint density at radius 1 is 1.14 bits per heavy atom. The van der Waals surface area contributed by atoms with Gasteiger partial charge in [-0.25, -0.2) is 9.38 Å². The highest BCUT2D eigenvalue weighted by atomic mass is 79.9. The predicted octanol–water partition coefficient (Wildman–Crippen LogP) is 4.47. The summed E-state index contributed by atoms with van der Waals surface area (Å²) in [6.07, 6.45) is 0. The second-order valence-electron chi connectivity index (χ2n) is 4.70. The molecular weight excluding hydrogens is 352 g/mol. The van der Waals surface area contributed by atoms with Gasteiger partial charge in [-0.15, -0.1) is 0 Å². The van der Waals surface area contributed by atoms with Gasteiger partial charge in [0, 0.05) is 0 Å². The van der Waals surface area contributed by atoms with Crippen molar-refractivity contribution in [1.29, 1.82) is 0 Å². The Morgan fingerprint density at radius 3 is 2.52 bits per heavy atom. The third-order valence-electron chi connectivity index (χ3n) is 3.27. The van der Waals surface area contributed by atoms with E-state index in [1.54, 1.807) is 18.2 Å². The lowest BCUT2D eigenvalue weighted by molar-refractivity contribution is 0.966. The molecule has 0 aliphatic rings. The van der Waals surface area contributed by atoms with Crippen LogP contribution in [0.2, 0.25) is 5.15 Å². The zero-order valence-electron chi connectivity index (χ0n) is 11.3. The fourth-order valence-electron chi connectivity index (χ4n) is 2.33. The Labute approximate surface area is 135 Å². The van der Waals surface area contributed by atoms with Crippen LogP contribution in [-0.4, -0.2) is 9.38 Å². The average Bonchev–Trinajstić information content (AvgIpc) is 2.47. The van der Waals surface area contributed by atoms with Crippen molar-refractivity contribution in [2.24, 2.45) is 0 Å². The zero-order chi connectivity index (χ0) is 15.0. The number of halogens is 2. The molecule has 5 heteroatoms. The number of hydrogen-bond donors (Lipinski definition) is 0. The first-order valence-electron chi connectivity index (χ1n) is 6.50. The smallest absolute Gasteiger partial charge is 0.267 e. The Kier molecular flexibility index (Phi) is 3.83. The Morgan fingerprint density at radius 2 is 1.86 bits per heavy atom. The van der Waals surface area contributed by atoms with E-state index in [2.05, 4.69) is 20.9 Å². The molecule has 0 saturated heterocycles. The van der Waals surface area contributed by atoms with Gasteiger partial charge in [-0.2, -0.15) is 0 Å². The molecule has 3 aromatic rings. The van der Waals surface area contributed by atoms with Crippen molar-refractivity contribution >= 4 is 33.2 Å². The summed E-state index contributed by atoms with van der Waals surface area (Å²) in [7, 11) is 0. The number of aromatic nitrogens is 2. The average molecular weight is 364 g/mol. The van der Waals surface area contributed by atoms with Gasteiger partial charge in [-0.3, -0.25) is 4.79 Å². The second kappa shape index (κ2) is 5.62. The Balaban J connectivity index is 2.47. The molecule has 3 nitrogen and oxygen atoms in total. The quantitative estimate of drug-likeness (QED) is 0.497. The minimum absolute atomic E-state index is 0.0376. The minimum Gasteiger partial charge on any atom is -0.268 e. The lowest BCUT2D eigenvalue weighted by Crippen LogP contribution is -2.20. The van der Waals surface area contributed by atoms with Crippen LogP contribution in [0.15, 0.2) is 53.3 Å². The molecule has 2 aromatic heterocycles. The molecule has 0 amide bonds. The van der Waals surface area contributed by atoms with Crippen molar-refractivity contribution in [1.82, 2.24) is 9.38 Å². The largest absolute Gasteiger partial charge is 0.268 e. The maximum Gasteiger partial charge on any atom is 0.267 e. The van der Waals surface area contributed by atoms with Gasteiger partial charge in [-0.05, 0) is 24.6 Å². The van der Waals surface area contributed by atoms with Crippen LogP contribution < -0.4 is 5.56 Å². The first kappa shape index (κ1) is 14.3. The van der Waals surface area contributed by atoms with E-state index >= 15 is 0 Å². The highest BCUT2D eigenvalue weighted by molar-refractivity contribution is 9.09. The summed E-state index contributed by atoms with van der Waals surface area (Å²) in [5, 5.41) is 0.357. The number of hydrogen-bond acceptors (Lipinski definition) is 2. The molecule has 2 heterocycles. The predicted molar refractivity (Wildman–Crippen MR) is 89.2 cm³/mol. The first-order chi connectivity index (χ1) is 10.1. The third-order valence-corrected chi connectivity index (χ3v) is 4.00. The second-order valence-corrected chi connectivity index (χ2v) is 6.46. The number of nitrogens with zero attached hydrogens (tertiary/aromatic N) is 2. The van der Waals surface area contributed by atoms with Gasteiger partial charge in [-0.1, -0.05) is 63.9 Å². The molecule has 0 saturated carbocycles. The normalized spacial score (nSPS) is 12.5. The molecule has 106 valence electrons. The summed E-state index contributed by atoms with van der Waals surface area (Å²) in [5.41, 5.74) is 2.52. The fraction of sp³-hybridized carbons (Fsp3) is 0.125. The maximum atomic E-state index is 12.9. The molecule has 0 spiro atoms. The molecule has 0 aliphatic heterocycles. The summed E-state index contributed by atoms with van der Waals surface area (Å²) < 4.78 is 1.43. The number of alkyl halides is 1. The van der Waals surface area contributed by atoms with E-state index in [0.29, 0.717) is 22.1 Å². The first-order valence-corrected chi connectivity index (χ1v) is 7.79. The Hall–Kier alpha value is -1.65. The number of fused-ring (bicyclic) bond motifs is 1. The van der Waals surface area contributed by atoms with E-state index < -0.39 is 0 Å². The van der Waals surface area contributed by atoms with Crippen LogP contribution >= 0.6 is 27.5 Å². The lowest BCUT2D eigenvalue weighted by Gasteiger charge is -2.13. The monoisotopic (exact) mass is 362 g/mol. The van der Waals surface area contributed by atoms with E-state index in [1.165, 1.54) is 4.40 Å². The zero-order valence-corrected chi connectivity index (χ0v) is 13.6. The number of pyridine rings is 1. The minimum atomic E-state index is -0.155. The molecule has 1 aromatic carbocycles. The SMILES string of the molecule is CC(Br)c1nc2cccc(Cl)n2c(=O)c1-c1ccccc1. The van der Waals surface area contributed by atoms with E-state index in [1.807, 2.05) is 37.3 Å². The van der Waals surface area contributed by atoms with E-state index in [-0.39, 0.29) is 10.4 Å². The lowest BCUT2D eigenvalue weighted by atomic mass is 10.0. The molecule has 0 N–H and O–H groups in total. The molecule has 1 atom stereocenters. The maximum absolute atomic E-state index is 12.9. The summed E-state index contributed by atoms with van der Waals surface area (Å²) in [6, 6.07) is 14.8. The van der Waals surface area contributed by atoms with E-state index in [9.17, 15) is 4.79 Å². The fourth-order valence-corrected chi connectivity index (χ4v) is 2.89. The summed E-state index contributed by atoms with van der Waals surface area (Å²) in [5.74, 6) is 0. The van der Waals surface area contributed by atoms with Gasteiger partial charge in [0.2, 0.25) is 0 Å². The molecule has 0 radical (unpaired) electrons. The van der Waals surface area contributed by atoms with Crippen molar-refractivity contribution in [3.8, 4) is 11.1 Å². The number of benzene rings is 1. The van der Waals surface area contributed by atoms with Crippen LogP contribution in [-0.2, 0) is 0 Å². The van der Waals surface area contributed by atoms with Gasteiger partial charge in [0.1, 0.15) is 10.8 Å². The van der Waals surface area contributed by atoms with Crippen molar-refractivity contribution in [3.05, 3.63) is 69.7 Å². The molecule has 1 unspecified atom stereocenters. The van der Waals surface area contributed by atoms with Gasteiger partial charge in [0.25, 0.3) is 5.56 Å². The molecule has 3 rings (SSSR count). The molecule has 0 fully saturated rings. The Bertz CT molecular complexity index is 859. The summed E-state index contributed by atoms with van der Waals surface area (Å²) >= 11 is 9.69. The van der Waals surface area contributed by atoms with E-state index in [4.69, 9.17) is 11.6 Å². The van der Waals surface area contributed by atoms with Crippen LogP contribution in [0.1, 0.15) is 17.4 Å². The van der Waals surface area contributed by atoms with E-state index in [0.717, 1.165) is 5.56 Å².